The quantitative estimate of drug-likeness (QED) is 0.898. The molecule has 2 nitrogen and oxygen atoms in total. The van der Waals surface area contributed by atoms with Crippen LogP contribution in [0.5, 0.6) is 0 Å². The van der Waals surface area contributed by atoms with Crippen LogP contribution in [0, 0.1) is 11.7 Å². The number of halogens is 1. The van der Waals surface area contributed by atoms with E-state index in [1.807, 2.05) is 20.0 Å². The van der Waals surface area contributed by atoms with E-state index in [0.29, 0.717) is 17.6 Å². The fraction of sp³-hybridized carbons (Fsp3) is 0.625. The number of nitrogens with zero attached hydrogens (tertiary/aromatic N) is 1. The summed E-state index contributed by atoms with van der Waals surface area (Å²) in [6.07, 6.45) is 4.91. The van der Waals surface area contributed by atoms with Crippen LogP contribution in [0.3, 0.4) is 0 Å². The lowest BCUT2D eigenvalue weighted by Crippen LogP contribution is -2.40. The number of rotatable bonds is 3. The van der Waals surface area contributed by atoms with Crippen LogP contribution in [0.2, 0.25) is 0 Å². The monoisotopic (exact) mass is 264 g/mol. The lowest BCUT2D eigenvalue weighted by molar-refractivity contribution is 0.319. The normalized spacial score (nSPS) is 25.1. The van der Waals surface area contributed by atoms with Crippen molar-refractivity contribution in [2.24, 2.45) is 11.7 Å². The van der Waals surface area contributed by atoms with Crippen molar-refractivity contribution in [1.29, 1.82) is 0 Å². The maximum atomic E-state index is 14.2. The number of anilines is 1. The first-order chi connectivity index (χ1) is 9.02. The maximum absolute atomic E-state index is 14.2. The average molecular weight is 264 g/mol. The van der Waals surface area contributed by atoms with Gasteiger partial charge in [-0.2, -0.15) is 0 Å². The van der Waals surface area contributed by atoms with Crippen molar-refractivity contribution in [1.82, 2.24) is 0 Å². The van der Waals surface area contributed by atoms with E-state index in [1.54, 1.807) is 6.07 Å². The predicted molar refractivity (Wildman–Crippen MR) is 78.8 cm³/mol. The molecular weight excluding hydrogens is 239 g/mol. The smallest absolute Gasteiger partial charge is 0.146 e. The van der Waals surface area contributed by atoms with Crippen LogP contribution < -0.4 is 10.6 Å². The second kappa shape index (κ2) is 5.91. The van der Waals surface area contributed by atoms with Gasteiger partial charge in [-0.1, -0.05) is 31.9 Å². The first-order valence-electron chi connectivity index (χ1n) is 7.29. The van der Waals surface area contributed by atoms with Gasteiger partial charge < -0.3 is 10.6 Å². The van der Waals surface area contributed by atoms with Crippen molar-refractivity contribution in [2.45, 2.75) is 51.6 Å². The molecule has 1 saturated carbocycles. The van der Waals surface area contributed by atoms with Gasteiger partial charge in [0.2, 0.25) is 0 Å². The zero-order valence-electron chi connectivity index (χ0n) is 12.2. The van der Waals surface area contributed by atoms with Gasteiger partial charge in [0.05, 0.1) is 5.69 Å². The number of benzene rings is 1. The van der Waals surface area contributed by atoms with Gasteiger partial charge in [-0.25, -0.2) is 4.39 Å². The Balaban J connectivity index is 2.34. The summed E-state index contributed by atoms with van der Waals surface area (Å²) in [6, 6.07) is 5.49. The lowest BCUT2D eigenvalue weighted by atomic mass is 9.84. The van der Waals surface area contributed by atoms with Gasteiger partial charge in [0, 0.05) is 19.1 Å². The van der Waals surface area contributed by atoms with E-state index >= 15 is 0 Å². The Bertz CT molecular complexity index is 431. The summed E-state index contributed by atoms with van der Waals surface area (Å²) < 4.78 is 14.2. The van der Waals surface area contributed by atoms with E-state index < -0.39 is 0 Å². The molecule has 1 fully saturated rings. The standard InChI is InChI=1S/C16H25FN2/c1-11-7-4-5-10-15(11)19(3)16-13(12(2)18)8-6-9-14(16)17/h6,8-9,11-12,15H,4-5,7,10,18H2,1-3H3/t11?,12-,15?/m0/s1. The highest BCUT2D eigenvalue weighted by Gasteiger charge is 2.28. The Hall–Kier alpha value is -1.09. The minimum absolute atomic E-state index is 0.146. The molecule has 0 spiro atoms. The van der Waals surface area contributed by atoms with Crippen molar-refractivity contribution in [3.63, 3.8) is 0 Å². The fourth-order valence-electron chi connectivity index (χ4n) is 3.31. The van der Waals surface area contributed by atoms with Crippen LogP contribution in [0.15, 0.2) is 18.2 Å². The van der Waals surface area contributed by atoms with Gasteiger partial charge in [-0.05, 0) is 37.3 Å². The van der Waals surface area contributed by atoms with E-state index in [9.17, 15) is 4.39 Å². The summed E-state index contributed by atoms with van der Waals surface area (Å²) >= 11 is 0. The number of para-hydroxylation sites is 1. The summed E-state index contributed by atoms with van der Waals surface area (Å²) in [5.41, 5.74) is 7.59. The Labute approximate surface area is 115 Å². The van der Waals surface area contributed by atoms with Crippen LogP contribution in [0.1, 0.15) is 51.1 Å². The lowest BCUT2D eigenvalue weighted by Gasteiger charge is -2.39. The molecule has 2 N–H and O–H groups in total. The Kier molecular flexibility index (Phi) is 4.46. The third kappa shape index (κ3) is 2.92. The Morgan fingerprint density at radius 2 is 2.00 bits per heavy atom. The van der Waals surface area contributed by atoms with Gasteiger partial charge in [-0.3, -0.25) is 0 Å². The molecule has 1 aliphatic rings. The SMILES string of the molecule is CC1CCCCC1N(C)c1c(F)cccc1[C@H](C)N. The van der Waals surface area contributed by atoms with Crippen molar-refractivity contribution in [3.8, 4) is 0 Å². The van der Waals surface area contributed by atoms with Crippen LogP contribution in [-0.2, 0) is 0 Å². The van der Waals surface area contributed by atoms with Crippen LogP contribution in [0.25, 0.3) is 0 Å². The topological polar surface area (TPSA) is 29.3 Å². The van der Waals surface area contributed by atoms with Crippen molar-refractivity contribution >= 4 is 5.69 Å². The molecular formula is C16H25FN2. The summed E-state index contributed by atoms with van der Waals surface area (Å²) in [5, 5.41) is 0. The minimum Gasteiger partial charge on any atom is -0.369 e. The van der Waals surface area contributed by atoms with E-state index in [0.717, 1.165) is 12.0 Å². The molecule has 106 valence electrons. The molecule has 0 radical (unpaired) electrons. The molecule has 2 unspecified atom stereocenters. The molecule has 0 bridgehead atoms. The fourth-order valence-corrected chi connectivity index (χ4v) is 3.31. The molecule has 1 aliphatic carbocycles. The molecule has 0 heterocycles. The summed E-state index contributed by atoms with van der Waals surface area (Å²) in [4.78, 5) is 2.12. The summed E-state index contributed by atoms with van der Waals surface area (Å²) in [6.45, 7) is 4.18. The highest BCUT2D eigenvalue weighted by molar-refractivity contribution is 5.56. The first kappa shape index (κ1) is 14.3. The van der Waals surface area contributed by atoms with Crippen LogP contribution in [0.4, 0.5) is 10.1 Å². The Morgan fingerprint density at radius 3 is 2.63 bits per heavy atom. The molecule has 3 heteroatoms. The second-order valence-electron chi connectivity index (χ2n) is 5.91. The molecule has 0 aliphatic heterocycles. The first-order valence-corrected chi connectivity index (χ1v) is 7.29. The minimum atomic E-state index is -0.157. The third-order valence-electron chi connectivity index (χ3n) is 4.42. The third-order valence-corrected chi connectivity index (χ3v) is 4.42. The summed E-state index contributed by atoms with van der Waals surface area (Å²) in [7, 11) is 2.01. The van der Waals surface area contributed by atoms with Gasteiger partial charge in [0.1, 0.15) is 5.82 Å². The van der Waals surface area contributed by atoms with Gasteiger partial charge in [-0.15, -0.1) is 0 Å². The average Bonchev–Trinajstić information content (AvgIpc) is 2.38. The number of hydrogen-bond acceptors (Lipinski definition) is 2. The Morgan fingerprint density at radius 1 is 1.32 bits per heavy atom. The van der Waals surface area contributed by atoms with Gasteiger partial charge in [0.15, 0.2) is 0 Å². The molecule has 19 heavy (non-hydrogen) atoms. The highest BCUT2D eigenvalue weighted by Crippen LogP contribution is 2.35. The predicted octanol–water partition coefficient (Wildman–Crippen LogP) is 3.86. The van der Waals surface area contributed by atoms with E-state index in [2.05, 4.69) is 11.8 Å². The molecule has 0 saturated heterocycles. The van der Waals surface area contributed by atoms with Crippen LogP contribution in [-0.4, -0.2) is 13.1 Å². The van der Waals surface area contributed by atoms with Gasteiger partial charge >= 0.3 is 0 Å². The highest BCUT2D eigenvalue weighted by atomic mass is 19.1. The van der Waals surface area contributed by atoms with Crippen molar-refractivity contribution in [2.75, 3.05) is 11.9 Å². The zero-order valence-corrected chi connectivity index (χ0v) is 12.2. The second-order valence-corrected chi connectivity index (χ2v) is 5.91. The van der Waals surface area contributed by atoms with Crippen molar-refractivity contribution < 1.29 is 4.39 Å². The van der Waals surface area contributed by atoms with Crippen molar-refractivity contribution in [3.05, 3.63) is 29.6 Å². The van der Waals surface area contributed by atoms with Crippen LogP contribution >= 0.6 is 0 Å². The summed E-state index contributed by atoms with van der Waals surface area (Å²) in [5.74, 6) is 0.453. The molecule has 1 aromatic carbocycles. The molecule has 3 atom stereocenters. The van der Waals surface area contributed by atoms with E-state index in [4.69, 9.17) is 5.73 Å². The largest absolute Gasteiger partial charge is 0.369 e. The van der Waals surface area contributed by atoms with Gasteiger partial charge in [0.25, 0.3) is 0 Å². The van der Waals surface area contributed by atoms with E-state index in [-0.39, 0.29) is 11.9 Å². The number of nitrogens with two attached hydrogens (primary N) is 1. The zero-order chi connectivity index (χ0) is 14.0. The number of hydrogen-bond donors (Lipinski definition) is 1. The molecule has 0 aromatic heterocycles. The molecule has 1 aromatic rings. The molecule has 0 amide bonds. The maximum Gasteiger partial charge on any atom is 0.146 e. The van der Waals surface area contributed by atoms with E-state index in [1.165, 1.54) is 25.3 Å². The molecule has 2 rings (SSSR count).